The maximum absolute atomic E-state index is 12.7. The number of para-hydroxylation sites is 2. The Balaban J connectivity index is 1.95. The van der Waals surface area contributed by atoms with Gasteiger partial charge in [-0.05, 0) is 31.4 Å². The second kappa shape index (κ2) is 9.15. The fraction of sp³-hybridized carbons (Fsp3) is 0.556. The van der Waals surface area contributed by atoms with Crippen molar-refractivity contribution in [1.82, 2.24) is 14.5 Å². The van der Waals surface area contributed by atoms with Crippen molar-refractivity contribution in [2.75, 3.05) is 6.54 Å². The van der Waals surface area contributed by atoms with Gasteiger partial charge in [-0.3, -0.25) is 9.13 Å². The summed E-state index contributed by atoms with van der Waals surface area (Å²) in [4.78, 5) is 23.0. The lowest BCUT2D eigenvalue weighted by Gasteiger charge is -2.04. The Kier molecular flexibility index (Phi) is 6.90. The van der Waals surface area contributed by atoms with Crippen molar-refractivity contribution < 1.29 is 9.90 Å². The number of benzene rings is 1. The van der Waals surface area contributed by atoms with E-state index in [1.165, 1.54) is 0 Å². The monoisotopic (exact) mass is 333 g/mol. The summed E-state index contributed by atoms with van der Waals surface area (Å²) >= 11 is 0. The second-order valence-corrected chi connectivity index (χ2v) is 6.07. The van der Waals surface area contributed by atoms with Crippen LogP contribution in [-0.2, 0) is 13.1 Å². The molecule has 0 aliphatic carbocycles. The highest BCUT2D eigenvalue weighted by Gasteiger charge is 2.11. The molecular formula is C18H27N3O3. The number of amides is 1. The van der Waals surface area contributed by atoms with E-state index in [0.717, 1.165) is 56.1 Å². The molecular weight excluding hydrogens is 306 g/mol. The molecule has 132 valence electrons. The first-order valence-corrected chi connectivity index (χ1v) is 8.80. The molecule has 1 aromatic carbocycles. The molecule has 0 fully saturated rings. The molecule has 0 radical (unpaired) electrons. The van der Waals surface area contributed by atoms with Crippen molar-refractivity contribution in [2.45, 2.75) is 58.5 Å². The minimum atomic E-state index is -0.971. The van der Waals surface area contributed by atoms with Crippen molar-refractivity contribution in [2.24, 2.45) is 0 Å². The molecule has 0 aliphatic rings. The molecule has 1 heterocycles. The third-order valence-corrected chi connectivity index (χ3v) is 4.25. The van der Waals surface area contributed by atoms with Crippen LogP contribution in [0.15, 0.2) is 29.1 Å². The molecule has 0 atom stereocenters. The molecule has 2 rings (SSSR count). The highest BCUT2D eigenvalue weighted by atomic mass is 16.4. The first-order valence-electron chi connectivity index (χ1n) is 8.80. The number of aryl methyl sites for hydroxylation is 2. The summed E-state index contributed by atoms with van der Waals surface area (Å²) in [5.41, 5.74) is 2.10. The topological polar surface area (TPSA) is 76.3 Å². The molecule has 2 aromatic rings. The van der Waals surface area contributed by atoms with E-state index < -0.39 is 6.09 Å². The average Bonchev–Trinajstić information content (AvgIpc) is 2.83. The van der Waals surface area contributed by atoms with Gasteiger partial charge in [-0.25, -0.2) is 9.59 Å². The Labute approximate surface area is 142 Å². The average molecular weight is 333 g/mol. The highest BCUT2D eigenvalue weighted by molar-refractivity contribution is 5.75. The Hall–Kier alpha value is -2.24. The number of carboxylic acid groups (broad SMARTS) is 1. The number of rotatable bonds is 10. The van der Waals surface area contributed by atoms with E-state index >= 15 is 0 Å². The van der Waals surface area contributed by atoms with Crippen molar-refractivity contribution in [3.05, 3.63) is 34.7 Å². The van der Waals surface area contributed by atoms with Crippen LogP contribution in [0.4, 0.5) is 4.79 Å². The fourth-order valence-corrected chi connectivity index (χ4v) is 2.96. The van der Waals surface area contributed by atoms with Crippen LogP contribution < -0.4 is 11.0 Å². The third kappa shape index (κ3) is 4.63. The first-order chi connectivity index (χ1) is 11.6. The van der Waals surface area contributed by atoms with Crippen LogP contribution in [0.1, 0.15) is 45.4 Å². The molecule has 6 nitrogen and oxygen atoms in total. The lowest BCUT2D eigenvalue weighted by molar-refractivity contribution is 0.194. The van der Waals surface area contributed by atoms with Gasteiger partial charge in [0.1, 0.15) is 0 Å². The molecule has 6 heteroatoms. The van der Waals surface area contributed by atoms with Gasteiger partial charge in [0.05, 0.1) is 11.0 Å². The molecule has 0 bridgehead atoms. The summed E-state index contributed by atoms with van der Waals surface area (Å²) in [5.74, 6) is 0. The van der Waals surface area contributed by atoms with Gasteiger partial charge in [-0.1, -0.05) is 38.3 Å². The van der Waals surface area contributed by atoms with E-state index in [1.807, 2.05) is 33.4 Å². The van der Waals surface area contributed by atoms with Crippen LogP contribution in [0.2, 0.25) is 0 Å². The Bertz CT molecular complexity index is 718. The first kappa shape index (κ1) is 18.1. The standard InChI is InChI=1S/C18H27N3O3/c1-2-3-13-20-15-10-6-7-11-16(15)21(18(20)24)14-9-5-4-8-12-19-17(22)23/h6-7,10-11,19H,2-5,8-9,12-14H2,1H3,(H,22,23). The second-order valence-electron chi connectivity index (χ2n) is 6.07. The number of imidazole rings is 1. The maximum atomic E-state index is 12.7. The number of aromatic nitrogens is 2. The zero-order valence-electron chi connectivity index (χ0n) is 14.3. The van der Waals surface area contributed by atoms with Gasteiger partial charge >= 0.3 is 11.8 Å². The normalized spacial score (nSPS) is 11.0. The van der Waals surface area contributed by atoms with E-state index in [-0.39, 0.29) is 5.69 Å². The fourth-order valence-electron chi connectivity index (χ4n) is 2.96. The zero-order valence-corrected chi connectivity index (χ0v) is 14.3. The maximum Gasteiger partial charge on any atom is 0.404 e. The Morgan fingerprint density at radius 1 is 1.00 bits per heavy atom. The lowest BCUT2D eigenvalue weighted by Crippen LogP contribution is -2.24. The van der Waals surface area contributed by atoms with Crippen LogP contribution >= 0.6 is 0 Å². The predicted molar refractivity (Wildman–Crippen MR) is 95.6 cm³/mol. The van der Waals surface area contributed by atoms with Crippen LogP contribution in [0.5, 0.6) is 0 Å². The van der Waals surface area contributed by atoms with Gasteiger partial charge < -0.3 is 10.4 Å². The summed E-state index contributed by atoms with van der Waals surface area (Å²) in [5, 5.41) is 10.9. The number of nitrogens with one attached hydrogen (secondary N) is 1. The van der Waals surface area contributed by atoms with Crippen LogP contribution in [0.25, 0.3) is 11.0 Å². The molecule has 1 amide bonds. The van der Waals surface area contributed by atoms with E-state index in [9.17, 15) is 9.59 Å². The van der Waals surface area contributed by atoms with Crippen molar-refractivity contribution in [3.63, 3.8) is 0 Å². The van der Waals surface area contributed by atoms with Gasteiger partial charge in [0, 0.05) is 19.6 Å². The highest BCUT2D eigenvalue weighted by Crippen LogP contribution is 2.14. The minimum absolute atomic E-state index is 0.0807. The number of unbranched alkanes of at least 4 members (excludes halogenated alkanes) is 4. The van der Waals surface area contributed by atoms with E-state index in [2.05, 4.69) is 12.2 Å². The predicted octanol–water partition coefficient (Wildman–Crippen LogP) is 3.43. The lowest BCUT2D eigenvalue weighted by atomic mass is 10.2. The van der Waals surface area contributed by atoms with Gasteiger partial charge in [0.2, 0.25) is 0 Å². The summed E-state index contributed by atoms with van der Waals surface area (Å²) in [6.07, 6.45) is 4.81. The molecule has 24 heavy (non-hydrogen) atoms. The molecule has 2 N–H and O–H groups in total. The number of hydrogen-bond donors (Lipinski definition) is 2. The molecule has 1 aromatic heterocycles. The summed E-state index contributed by atoms with van der Waals surface area (Å²) in [7, 11) is 0. The number of carbonyl (C=O) groups is 1. The van der Waals surface area contributed by atoms with Crippen molar-refractivity contribution in [3.8, 4) is 0 Å². The van der Waals surface area contributed by atoms with Gasteiger partial charge in [0.15, 0.2) is 0 Å². The third-order valence-electron chi connectivity index (χ3n) is 4.25. The zero-order chi connectivity index (χ0) is 17.4. The Morgan fingerprint density at radius 3 is 2.17 bits per heavy atom. The molecule has 0 aliphatic heterocycles. The summed E-state index contributed by atoms with van der Waals surface area (Å²) < 4.78 is 3.76. The minimum Gasteiger partial charge on any atom is -0.465 e. The van der Waals surface area contributed by atoms with Crippen LogP contribution in [0.3, 0.4) is 0 Å². The Morgan fingerprint density at radius 2 is 1.58 bits per heavy atom. The quantitative estimate of drug-likeness (QED) is 0.654. The van der Waals surface area contributed by atoms with E-state index in [4.69, 9.17) is 5.11 Å². The van der Waals surface area contributed by atoms with Gasteiger partial charge in [-0.15, -0.1) is 0 Å². The van der Waals surface area contributed by atoms with Crippen LogP contribution in [-0.4, -0.2) is 26.9 Å². The summed E-state index contributed by atoms with van der Waals surface area (Å²) in [6, 6.07) is 7.97. The van der Waals surface area contributed by atoms with Crippen molar-refractivity contribution in [1.29, 1.82) is 0 Å². The number of fused-ring (bicyclic) bond motifs is 1. The number of hydrogen-bond acceptors (Lipinski definition) is 2. The SMILES string of the molecule is CCCCn1c(=O)n(CCCCCCNC(=O)O)c2ccccc21. The molecule has 0 saturated heterocycles. The van der Waals surface area contributed by atoms with E-state index in [0.29, 0.717) is 13.1 Å². The van der Waals surface area contributed by atoms with Crippen LogP contribution in [0, 0.1) is 0 Å². The molecule has 0 spiro atoms. The molecule has 0 saturated carbocycles. The largest absolute Gasteiger partial charge is 0.465 e. The van der Waals surface area contributed by atoms with Gasteiger partial charge in [0.25, 0.3) is 0 Å². The molecule has 0 unspecified atom stereocenters. The smallest absolute Gasteiger partial charge is 0.404 e. The van der Waals surface area contributed by atoms with E-state index in [1.54, 1.807) is 0 Å². The summed E-state index contributed by atoms with van der Waals surface area (Å²) in [6.45, 7) is 4.10. The number of nitrogens with zero attached hydrogens (tertiary/aromatic N) is 2. The van der Waals surface area contributed by atoms with Crippen molar-refractivity contribution >= 4 is 17.1 Å². The van der Waals surface area contributed by atoms with Gasteiger partial charge in [-0.2, -0.15) is 0 Å².